The van der Waals surface area contributed by atoms with Gasteiger partial charge >= 0.3 is 0 Å². The third kappa shape index (κ3) is 1.50. The van der Waals surface area contributed by atoms with Crippen LogP contribution in [-0.2, 0) is 11.3 Å². The Morgan fingerprint density at radius 2 is 2.57 bits per heavy atom. The van der Waals surface area contributed by atoms with Crippen LogP contribution >= 0.6 is 11.6 Å². The van der Waals surface area contributed by atoms with Crippen LogP contribution in [0.4, 0.5) is 0 Å². The van der Waals surface area contributed by atoms with Crippen LogP contribution in [0.3, 0.4) is 0 Å². The number of carbonyl (C=O) groups excluding carboxylic acids is 1. The molecule has 1 fully saturated rings. The predicted molar refractivity (Wildman–Crippen MR) is 53.3 cm³/mol. The highest BCUT2D eigenvalue weighted by molar-refractivity contribution is 6.30. The molecular weight excluding hydrogens is 202 g/mol. The summed E-state index contributed by atoms with van der Waals surface area (Å²) < 4.78 is 1.99. The molecule has 2 rings (SSSR count). The van der Waals surface area contributed by atoms with Crippen molar-refractivity contribution in [1.29, 1.82) is 0 Å². The first-order valence-electron chi connectivity index (χ1n) is 4.69. The summed E-state index contributed by atoms with van der Waals surface area (Å²) in [5.74, 6) is 0.271. The molecule has 0 bridgehead atoms. The molecule has 1 unspecified atom stereocenters. The monoisotopic (exact) mass is 213 g/mol. The Hall–Kier alpha value is -1.03. The van der Waals surface area contributed by atoms with E-state index in [2.05, 4.69) is 10.3 Å². The second-order valence-corrected chi connectivity index (χ2v) is 3.77. The molecule has 0 radical (unpaired) electrons. The third-order valence-corrected chi connectivity index (χ3v) is 2.83. The van der Waals surface area contributed by atoms with Crippen molar-refractivity contribution in [3.63, 3.8) is 0 Å². The fourth-order valence-electron chi connectivity index (χ4n) is 1.82. The zero-order valence-corrected chi connectivity index (χ0v) is 8.71. The summed E-state index contributed by atoms with van der Waals surface area (Å²) >= 11 is 5.98. The SMILES string of the molecule is CCn1cnc(Cl)c1C1CNC(=O)C1. The summed E-state index contributed by atoms with van der Waals surface area (Å²) in [5.41, 5.74) is 0.979. The molecule has 1 aromatic rings. The van der Waals surface area contributed by atoms with Crippen molar-refractivity contribution in [1.82, 2.24) is 14.9 Å². The largest absolute Gasteiger partial charge is 0.355 e. The zero-order valence-electron chi connectivity index (χ0n) is 7.96. The van der Waals surface area contributed by atoms with E-state index in [0.29, 0.717) is 18.1 Å². The van der Waals surface area contributed by atoms with Gasteiger partial charge < -0.3 is 9.88 Å². The molecule has 1 aromatic heterocycles. The highest BCUT2D eigenvalue weighted by Crippen LogP contribution is 2.28. The number of nitrogens with zero attached hydrogens (tertiary/aromatic N) is 2. The molecule has 76 valence electrons. The van der Waals surface area contributed by atoms with Crippen molar-refractivity contribution in [2.75, 3.05) is 6.54 Å². The lowest BCUT2D eigenvalue weighted by Gasteiger charge is -2.10. The average molecular weight is 214 g/mol. The molecule has 0 spiro atoms. The summed E-state index contributed by atoms with van der Waals surface area (Å²) in [6.45, 7) is 3.54. The normalized spacial score (nSPS) is 21.3. The molecule has 1 saturated heterocycles. The van der Waals surface area contributed by atoms with Crippen molar-refractivity contribution in [2.24, 2.45) is 0 Å². The van der Waals surface area contributed by atoms with Crippen LogP contribution in [0.25, 0.3) is 0 Å². The van der Waals surface area contributed by atoms with E-state index in [1.54, 1.807) is 6.33 Å². The lowest BCUT2D eigenvalue weighted by atomic mass is 10.1. The summed E-state index contributed by atoms with van der Waals surface area (Å²) in [4.78, 5) is 15.1. The van der Waals surface area contributed by atoms with Crippen molar-refractivity contribution in [3.8, 4) is 0 Å². The van der Waals surface area contributed by atoms with E-state index in [1.807, 2.05) is 11.5 Å². The quantitative estimate of drug-likeness (QED) is 0.802. The van der Waals surface area contributed by atoms with Gasteiger partial charge in [0.2, 0.25) is 5.91 Å². The van der Waals surface area contributed by atoms with Gasteiger partial charge in [-0.05, 0) is 6.92 Å². The average Bonchev–Trinajstić information content (AvgIpc) is 2.71. The Balaban J connectivity index is 2.30. The zero-order chi connectivity index (χ0) is 10.1. The number of hydrogen-bond donors (Lipinski definition) is 1. The Morgan fingerprint density at radius 3 is 3.14 bits per heavy atom. The molecule has 1 amide bonds. The molecule has 5 heteroatoms. The maximum Gasteiger partial charge on any atom is 0.220 e. The Morgan fingerprint density at radius 1 is 1.79 bits per heavy atom. The summed E-state index contributed by atoms with van der Waals surface area (Å²) in [7, 11) is 0. The number of halogens is 1. The lowest BCUT2D eigenvalue weighted by molar-refractivity contribution is -0.119. The van der Waals surface area contributed by atoms with Gasteiger partial charge in [0, 0.05) is 25.4 Å². The third-order valence-electron chi connectivity index (χ3n) is 2.54. The van der Waals surface area contributed by atoms with Crippen LogP contribution in [0.1, 0.15) is 25.0 Å². The van der Waals surface area contributed by atoms with Crippen LogP contribution in [0.15, 0.2) is 6.33 Å². The number of amides is 1. The maximum absolute atomic E-state index is 11.1. The minimum atomic E-state index is 0.0925. The fraction of sp³-hybridized carbons (Fsp3) is 0.556. The second-order valence-electron chi connectivity index (χ2n) is 3.41. The number of rotatable bonds is 2. The van der Waals surface area contributed by atoms with Crippen LogP contribution in [0, 0.1) is 0 Å². The van der Waals surface area contributed by atoms with E-state index in [-0.39, 0.29) is 11.8 Å². The molecule has 0 aliphatic carbocycles. The molecule has 2 heterocycles. The number of aromatic nitrogens is 2. The van der Waals surface area contributed by atoms with Crippen molar-refractivity contribution in [2.45, 2.75) is 25.8 Å². The minimum Gasteiger partial charge on any atom is -0.355 e. The van der Waals surface area contributed by atoms with Crippen molar-refractivity contribution in [3.05, 3.63) is 17.2 Å². The highest BCUT2D eigenvalue weighted by Gasteiger charge is 2.27. The number of aryl methyl sites for hydroxylation is 1. The number of imidazole rings is 1. The minimum absolute atomic E-state index is 0.0925. The topological polar surface area (TPSA) is 46.9 Å². The smallest absolute Gasteiger partial charge is 0.220 e. The van der Waals surface area contributed by atoms with Crippen molar-refractivity contribution >= 4 is 17.5 Å². The molecule has 14 heavy (non-hydrogen) atoms. The summed E-state index contributed by atoms with van der Waals surface area (Å²) in [6.07, 6.45) is 2.24. The summed E-state index contributed by atoms with van der Waals surface area (Å²) in [6, 6.07) is 0. The van der Waals surface area contributed by atoms with E-state index in [0.717, 1.165) is 12.2 Å². The maximum atomic E-state index is 11.1. The van der Waals surface area contributed by atoms with Gasteiger partial charge in [0.05, 0.1) is 12.0 Å². The Bertz CT molecular complexity index is 361. The standard InChI is InChI=1S/C9H12ClN3O/c1-2-13-5-12-9(10)8(13)6-3-7(14)11-4-6/h5-6H,2-4H2,1H3,(H,11,14). The van der Waals surface area contributed by atoms with Crippen LogP contribution in [0.5, 0.6) is 0 Å². The Kier molecular flexibility index (Phi) is 2.46. The first kappa shape index (κ1) is 9.52. The molecule has 1 N–H and O–H groups in total. The van der Waals surface area contributed by atoms with Gasteiger partial charge in [-0.1, -0.05) is 11.6 Å². The van der Waals surface area contributed by atoms with Crippen LogP contribution < -0.4 is 5.32 Å². The van der Waals surface area contributed by atoms with Gasteiger partial charge in [-0.2, -0.15) is 0 Å². The molecule has 1 atom stereocenters. The van der Waals surface area contributed by atoms with Crippen LogP contribution in [-0.4, -0.2) is 22.0 Å². The van der Waals surface area contributed by atoms with Gasteiger partial charge in [-0.25, -0.2) is 4.98 Å². The number of hydrogen-bond acceptors (Lipinski definition) is 2. The van der Waals surface area contributed by atoms with E-state index >= 15 is 0 Å². The summed E-state index contributed by atoms with van der Waals surface area (Å²) in [5, 5.41) is 3.32. The van der Waals surface area contributed by atoms with E-state index in [1.165, 1.54) is 0 Å². The fourth-order valence-corrected chi connectivity index (χ4v) is 2.13. The molecule has 4 nitrogen and oxygen atoms in total. The molecule has 1 aliphatic heterocycles. The van der Waals surface area contributed by atoms with Gasteiger partial charge in [0.15, 0.2) is 5.15 Å². The first-order chi connectivity index (χ1) is 6.72. The molecular formula is C9H12ClN3O. The van der Waals surface area contributed by atoms with Gasteiger partial charge in [-0.15, -0.1) is 0 Å². The van der Waals surface area contributed by atoms with E-state index < -0.39 is 0 Å². The lowest BCUT2D eigenvalue weighted by Crippen LogP contribution is -2.14. The van der Waals surface area contributed by atoms with Gasteiger partial charge in [0.25, 0.3) is 0 Å². The van der Waals surface area contributed by atoms with E-state index in [4.69, 9.17) is 11.6 Å². The van der Waals surface area contributed by atoms with Gasteiger partial charge in [-0.3, -0.25) is 4.79 Å². The molecule has 1 aliphatic rings. The molecule has 0 saturated carbocycles. The van der Waals surface area contributed by atoms with E-state index in [9.17, 15) is 4.79 Å². The predicted octanol–water partition coefficient (Wildman–Crippen LogP) is 1.16. The highest BCUT2D eigenvalue weighted by atomic mass is 35.5. The number of carbonyl (C=O) groups is 1. The molecule has 0 aromatic carbocycles. The van der Waals surface area contributed by atoms with Crippen LogP contribution in [0.2, 0.25) is 5.15 Å². The van der Waals surface area contributed by atoms with Crippen molar-refractivity contribution < 1.29 is 4.79 Å². The van der Waals surface area contributed by atoms with Gasteiger partial charge in [0.1, 0.15) is 0 Å². The Labute approximate surface area is 87.3 Å². The first-order valence-corrected chi connectivity index (χ1v) is 5.07. The second kappa shape index (κ2) is 3.61. The number of nitrogens with one attached hydrogen (secondary N) is 1.